The molecule has 0 aliphatic carbocycles. The van der Waals surface area contributed by atoms with Crippen LogP contribution in [0.15, 0.2) is 24.3 Å². The lowest BCUT2D eigenvalue weighted by Crippen LogP contribution is -2.62. The van der Waals surface area contributed by atoms with Gasteiger partial charge in [-0.3, -0.25) is 0 Å². The van der Waals surface area contributed by atoms with Crippen LogP contribution in [0, 0.1) is 11.8 Å². The molecule has 0 amide bonds. The molecule has 50 heavy (non-hydrogen) atoms. The van der Waals surface area contributed by atoms with Crippen molar-refractivity contribution in [1.29, 1.82) is 0 Å². The van der Waals surface area contributed by atoms with Crippen LogP contribution in [-0.2, 0) is 25.4 Å². The van der Waals surface area contributed by atoms with Crippen LogP contribution in [0.3, 0.4) is 0 Å². The first-order chi connectivity index (χ1) is 24.0. The number of ether oxygens (including phenoxy) is 9. The first kappa shape index (κ1) is 38.0. The number of aliphatic hydroxyl groups excluding tert-OH is 6. The Morgan fingerprint density at radius 1 is 0.800 bits per heavy atom. The predicted molar refractivity (Wildman–Crippen MR) is 168 cm³/mol. The third-order valence-corrected chi connectivity index (χ3v) is 9.47. The van der Waals surface area contributed by atoms with Gasteiger partial charge in [-0.05, 0) is 47.7 Å². The average Bonchev–Trinajstić information content (AvgIpc) is 3.67. The van der Waals surface area contributed by atoms with Crippen LogP contribution in [0.5, 0.6) is 34.5 Å². The molecule has 11 atom stereocenters. The van der Waals surface area contributed by atoms with Crippen LogP contribution in [-0.4, -0.2) is 151 Å². The summed E-state index contributed by atoms with van der Waals surface area (Å²) in [7, 11) is 5.63. The quantitative estimate of drug-likeness (QED) is 0.112. The smallest absolute Gasteiger partial charge is 0.230 e. The summed E-state index contributed by atoms with van der Waals surface area (Å²) in [6, 6.07) is 6.65. The lowest BCUT2D eigenvalue weighted by Gasteiger charge is -2.42. The van der Waals surface area contributed by atoms with Gasteiger partial charge in [0.15, 0.2) is 35.4 Å². The Bertz CT molecular complexity index is 1390. The molecule has 2 aromatic carbocycles. The minimum absolute atomic E-state index is 0.0138. The van der Waals surface area contributed by atoms with Gasteiger partial charge in [0.1, 0.15) is 30.0 Å². The molecule has 17 heteroatoms. The van der Waals surface area contributed by atoms with E-state index in [0.29, 0.717) is 18.6 Å². The Hall–Kier alpha value is -3.20. The number of benzene rings is 2. The fourth-order valence-corrected chi connectivity index (χ4v) is 6.55. The van der Waals surface area contributed by atoms with Crippen LogP contribution in [0.4, 0.5) is 0 Å². The van der Waals surface area contributed by atoms with E-state index in [1.807, 2.05) is 0 Å². The molecule has 0 aromatic heterocycles. The summed E-state index contributed by atoms with van der Waals surface area (Å²) in [4.78, 5) is 0. The van der Waals surface area contributed by atoms with Crippen molar-refractivity contribution in [3.8, 4) is 34.5 Å². The van der Waals surface area contributed by atoms with Gasteiger partial charge in [0.2, 0.25) is 17.8 Å². The van der Waals surface area contributed by atoms with Crippen molar-refractivity contribution in [3.05, 3.63) is 35.4 Å². The second-order valence-electron chi connectivity index (χ2n) is 12.5. The summed E-state index contributed by atoms with van der Waals surface area (Å²) >= 11 is 0. The van der Waals surface area contributed by atoms with Crippen molar-refractivity contribution in [1.82, 2.24) is 0 Å². The molecule has 3 saturated heterocycles. The Labute approximate surface area is 288 Å². The number of methoxy groups -OCH3 is 4. The van der Waals surface area contributed by atoms with Crippen molar-refractivity contribution < 1.29 is 83.5 Å². The molecule has 5 rings (SSSR count). The van der Waals surface area contributed by atoms with Gasteiger partial charge in [0.25, 0.3) is 0 Å². The van der Waals surface area contributed by atoms with Crippen molar-refractivity contribution in [2.24, 2.45) is 11.8 Å². The van der Waals surface area contributed by atoms with Crippen molar-refractivity contribution >= 4 is 0 Å². The predicted octanol–water partition coefficient (Wildman–Crippen LogP) is -1.39. The van der Waals surface area contributed by atoms with Gasteiger partial charge in [-0.2, -0.15) is 0 Å². The van der Waals surface area contributed by atoms with Crippen LogP contribution in [0.2, 0.25) is 0 Å². The highest BCUT2D eigenvalue weighted by atomic mass is 16.8. The third-order valence-electron chi connectivity index (χ3n) is 9.47. The average molecular weight is 715 g/mol. The molecular formula is C33H46O17. The largest absolute Gasteiger partial charge is 0.502 e. The molecule has 0 bridgehead atoms. The maximum absolute atomic E-state index is 11.0. The number of rotatable bonds is 14. The highest BCUT2D eigenvalue weighted by molar-refractivity contribution is 5.55. The first-order valence-electron chi connectivity index (χ1n) is 16.0. The maximum Gasteiger partial charge on any atom is 0.230 e. The van der Waals surface area contributed by atoms with Gasteiger partial charge in [-0.15, -0.1) is 0 Å². The number of hydrogen-bond donors (Lipinski definition) is 8. The zero-order valence-corrected chi connectivity index (χ0v) is 28.1. The van der Waals surface area contributed by atoms with Crippen LogP contribution < -0.4 is 23.7 Å². The number of phenols is 1. The minimum atomic E-state index is -2.03. The number of aliphatic hydroxyl groups is 7. The maximum atomic E-state index is 11.0. The number of phenolic OH excluding ortho intramolecular Hbond substituents is 1. The lowest BCUT2D eigenvalue weighted by molar-refractivity contribution is -0.319. The van der Waals surface area contributed by atoms with Crippen molar-refractivity contribution in [2.75, 3.05) is 61.5 Å². The molecule has 0 radical (unpaired) electrons. The molecule has 2 aromatic rings. The van der Waals surface area contributed by atoms with E-state index in [1.54, 1.807) is 24.3 Å². The zero-order chi connectivity index (χ0) is 36.3. The van der Waals surface area contributed by atoms with Crippen LogP contribution in [0.1, 0.15) is 17.2 Å². The normalized spacial score (nSPS) is 34.1. The molecule has 8 N–H and O–H groups in total. The molecule has 0 spiro atoms. The lowest BCUT2D eigenvalue weighted by atomic mass is 9.84. The fourth-order valence-electron chi connectivity index (χ4n) is 6.55. The summed E-state index contributed by atoms with van der Waals surface area (Å²) < 4.78 is 51.0. The van der Waals surface area contributed by atoms with Gasteiger partial charge < -0.3 is 83.5 Å². The highest BCUT2D eigenvalue weighted by Crippen LogP contribution is 2.47. The molecular weight excluding hydrogens is 668 g/mol. The van der Waals surface area contributed by atoms with Gasteiger partial charge in [0, 0.05) is 12.5 Å². The first-order valence-corrected chi connectivity index (χ1v) is 16.0. The standard InChI is InChI=1S/C33H46O17/c1-42-19-8-16(9-20(43-2)24(19)37)27-18(10-34)17(12-46-27)5-15-6-21(44-3)28(22(7-15)45-4)49-31-29(26(39)25(38)23(11-35)48-31)50-32-30(40)33(41,13-36)14-47-32/h6-9,17-18,23,25-27,29-32,34-41H,5,10-14H2,1-4H3. The van der Waals surface area contributed by atoms with Gasteiger partial charge in [0.05, 0.1) is 61.0 Å². The van der Waals surface area contributed by atoms with E-state index in [1.165, 1.54) is 28.4 Å². The van der Waals surface area contributed by atoms with E-state index < -0.39 is 74.6 Å². The van der Waals surface area contributed by atoms with Crippen molar-refractivity contribution in [3.63, 3.8) is 0 Å². The molecule has 3 aliphatic heterocycles. The Kier molecular flexibility index (Phi) is 12.2. The van der Waals surface area contributed by atoms with E-state index in [0.717, 1.165) is 5.56 Å². The SMILES string of the molecule is COc1cc(C2OCC(Cc3cc(OC)c(OC4OC(CO)C(O)C(O)C4OC4OCC(O)(CO)C4O)c(OC)c3)C2CO)cc(OC)c1O. The van der Waals surface area contributed by atoms with E-state index in [2.05, 4.69) is 0 Å². The van der Waals surface area contributed by atoms with E-state index in [-0.39, 0.29) is 52.9 Å². The Balaban J connectivity index is 1.39. The summed E-state index contributed by atoms with van der Waals surface area (Å²) in [5, 5.41) is 82.7. The highest BCUT2D eigenvalue weighted by Gasteiger charge is 2.53. The van der Waals surface area contributed by atoms with Gasteiger partial charge >= 0.3 is 0 Å². The van der Waals surface area contributed by atoms with E-state index >= 15 is 0 Å². The number of aromatic hydroxyl groups is 1. The summed E-state index contributed by atoms with van der Waals surface area (Å²) in [6.07, 6.45) is -11.1. The van der Waals surface area contributed by atoms with Crippen molar-refractivity contribution in [2.45, 2.75) is 61.2 Å². The number of hydrogen-bond acceptors (Lipinski definition) is 17. The van der Waals surface area contributed by atoms with Crippen LogP contribution in [0.25, 0.3) is 0 Å². The fraction of sp³-hybridized carbons (Fsp3) is 0.636. The minimum Gasteiger partial charge on any atom is -0.502 e. The van der Waals surface area contributed by atoms with Gasteiger partial charge in [-0.25, -0.2) is 0 Å². The third kappa shape index (κ3) is 7.26. The Morgan fingerprint density at radius 3 is 1.94 bits per heavy atom. The molecule has 17 nitrogen and oxygen atoms in total. The summed E-state index contributed by atoms with van der Waals surface area (Å²) in [5.74, 6) is 0.103. The topological polar surface area (TPSA) is 245 Å². The second kappa shape index (κ2) is 16.0. The van der Waals surface area contributed by atoms with Gasteiger partial charge in [-0.1, -0.05) is 0 Å². The summed E-state index contributed by atoms with van der Waals surface area (Å²) in [5.41, 5.74) is -0.642. The molecule has 3 aliphatic rings. The molecule has 0 saturated carbocycles. The van der Waals surface area contributed by atoms with E-state index in [4.69, 9.17) is 42.6 Å². The van der Waals surface area contributed by atoms with E-state index in [9.17, 15) is 40.9 Å². The zero-order valence-electron chi connectivity index (χ0n) is 28.1. The van der Waals surface area contributed by atoms with Crippen LogP contribution >= 0.6 is 0 Å². The second-order valence-corrected chi connectivity index (χ2v) is 12.5. The molecule has 3 fully saturated rings. The molecule has 11 unspecified atom stereocenters. The Morgan fingerprint density at radius 2 is 1.42 bits per heavy atom. The summed E-state index contributed by atoms with van der Waals surface area (Å²) in [6.45, 7) is -1.91. The molecule has 3 heterocycles. The molecule has 280 valence electrons. The monoisotopic (exact) mass is 714 g/mol.